The predicted octanol–water partition coefficient (Wildman–Crippen LogP) is 1.70. The number of hydrogen-bond donors (Lipinski definition) is 2. The number of carbonyl (C=O) groups is 1. The maximum atomic E-state index is 12.9. The standard InChI is InChI=1S/C18H16N4O6S/c23-17-19-16(20-21-17)15-10-22(13-8-4-5-9-14(13)28-15)29(25,26)18(24)27-11-12-6-2-1-3-7-12/h1-9,15H,10-11H2,(H2,19,20,21,23)/t15-/m1/s1. The molecule has 2 aromatic carbocycles. The van der Waals surface area contributed by atoms with Gasteiger partial charge in [-0.2, -0.15) is 13.4 Å². The van der Waals surface area contributed by atoms with Crippen LogP contribution in [0.3, 0.4) is 0 Å². The third-order valence-corrected chi connectivity index (χ3v) is 5.72. The number of carbonyl (C=O) groups excluding carboxylic acids is 1. The van der Waals surface area contributed by atoms with Gasteiger partial charge in [-0.25, -0.2) is 14.7 Å². The van der Waals surface area contributed by atoms with Crippen molar-refractivity contribution in [3.05, 3.63) is 76.5 Å². The molecule has 2 heterocycles. The Labute approximate surface area is 165 Å². The van der Waals surface area contributed by atoms with E-state index in [2.05, 4.69) is 15.2 Å². The van der Waals surface area contributed by atoms with Crippen LogP contribution in [0, 0.1) is 0 Å². The molecule has 1 aliphatic heterocycles. The van der Waals surface area contributed by atoms with Gasteiger partial charge in [-0.3, -0.25) is 9.40 Å². The van der Waals surface area contributed by atoms with Crippen LogP contribution in [0.1, 0.15) is 17.5 Å². The molecule has 11 heteroatoms. The molecule has 3 aromatic rings. The van der Waals surface area contributed by atoms with E-state index in [-0.39, 0.29) is 30.4 Å². The van der Waals surface area contributed by atoms with Crippen molar-refractivity contribution in [1.82, 2.24) is 15.2 Å². The lowest BCUT2D eigenvalue weighted by Crippen LogP contribution is -2.43. The van der Waals surface area contributed by atoms with Gasteiger partial charge in [0.15, 0.2) is 11.9 Å². The van der Waals surface area contributed by atoms with Crippen molar-refractivity contribution in [2.75, 3.05) is 10.8 Å². The van der Waals surface area contributed by atoms with Crippen LogP contribution in [-0.4, -0.2) is 35.4 Å². The first kappa shape index (κ1) is 18.7. The molecule has 2 N–H and O–H groups in total. The van der Waals surface area contributed by atoms with Crippen LogP contribution in [-0.2, 0) is 21.4 Å². The van der Waals surface area contributed by atoms with Crippen molar-refractivity contribution in [2.24, 2.45) is 0 Å². The molecule has 1 aromatic heterocycles. The average molecular weight is 416 g/mol. The second kappa shape index (κ2) is 7.43. The fraction of sp³-hybridized carbons (Fsp3) is 0.167. The number of hydrogen-bond acceptors (Lipinski definition) is 7. The maximum Gasteiger partial charge on any atom is 0.445 e. The molecular weight excluding hydrogens is 400 g/mol. The molecule has 1 aliphatic rings. The highest BCUT2D eigenvalue weighted by molar-refractivity contribution is 8.06. The number of aromatic nitrogens is 3. The lowest BCUT2D eigenvalue weighted by atomic mass is 10.2. The number of aromatic amines is 2. The summed E-state index contributed by atoms with van der Waals surface area (Å²) >= 11 is 0. The van der Waals surface area contributed by atoms with E-state index >= 15 is 0 Å². The summed E-state index contributed by atoms with van der Waals surface area (Å²) in [6.45, 7) is -0.443. The fourth-order valence-electron chi connectivity index (χ4n) is 2.89. The molecule has 0 aliphatic carbocycles. The van der Waals surface area contributed by atoms with Crippen LogP contribution in [0.5, 0.6) is 5.75 Å². The predicted molar refractivity (Wildman–Crippen MR) is 102 cm³/mol. The summed E-state index contributed by atoms with van der Waals surface area (Å²) < 4.78 is 37.6. The van der Waals surface area contributed by atoms with Crippen molar-refractivity contribution < 1.29 is 22.7 Å². The summed E-state index contributed by atoms with van der Waals surface area (Å²) in [7, 11) is -4.52. The second-order valence-electron chi connectivity index (χ2n) is 6.19. The lowest BCUT2D eigenvalue weighted by molar-refractivity contribution is 0.165. The minimum atomic E-state index is -4.52. The molecule has 4 rings (SSSR count). The number of H-pyrrole nitrogens is 2. The number of nitrogens with zero attached hydrogens (tertiary/aromatic N) is 2. The maximum absolute atomic E-state index is 12.9. The molecule has 0 bridgehead atoms. The molecule has 0 radical (unpaired) electrons. The first-order valence-electron chi connectivity index (χ1n) is 8.59. The summed E-state index contributed by atoms with van der Waals surface area (Å²) in [6, 6.07) is 15.1. The van der Waals surface area contributed by atoms with E-state index in [1.54, 1.807) is 48.5 Å². The van der Waals surface area contributed by atoms with Crippen molar-refractivity contribution in [2.45, 2.75) is 12.7 Å². The third-order valence-electron chi connectivity index (χ3n) is 4.26. The number of fused-ring (bicyclic) bond motifs is 1. The Morgan fingerprint density at radius 2 is 1.86 bits per heavy atom. The smallest absolute Gasteiger partial charge is 0.445 e. The van der Waals surface area contributed by atoms with Gasteiger partial charge in [0.2, 0.25) is 0 Å². The molecule has 0 unspecified atom stereocenters. The zero-order chi connectivity index (χ0) is 20.4. The second-order valence-corrected chi connectivity index (χ2v) is 7.91. The van der Waals surface area contributed by atoms with E-state index < -0.39 is 27.1 Å². The molecule has 10 nitrogen and oxygen atoms in total. The van der Waals surface area contributed by atoms with Gasteiger partial charge in [-0.05, 0) is 17.7 Å². The van der Waals surface area contributed by atoms with Gasteiger partial charge in [0.05, 0.1) is 12.2 Å². The van der Waals surface area contributed by atoms with Crippen LogP contribution in [0.15, 0.2) is 59.4 Å². The number of rotatable bonds is 4. The number of para-hydroxylation sites is 2. The Morgan fingerprint density at radius 3 is 2.59 bits per heavy atom. The quantitative estimate of drug-likeness (QED) is 0.618. The van der Waals surface area contributed by atoms with Gasteiger partial charge < -0.3 is 9.47 Å². The normalized spacial score (nSPS) is 16.0. The fourth-order valence-corrected chi connectivity index (χ4v) is 4.02. The van der Waals surface area contributed by atoms with Crippen molar-refractivity contribution in [3.63, 3.8) is 0 Å². The van der Waals surface area contributed by atoms with E-state index in [0.29, 0.717) is 5.56 Å². The van der Waals surface area contributed by atoms with E-state index in [0.717, 1.165) is 4.31 Å². The molecule has 0 fully saturated rings. The van der Waals surface area contributed by atoms with Gasteiger partial charge >= 0.3 is 21.0 Å². The molecule has 0 spiro atoms. The molecule has 0 saturated heterocycles. The SMILES string of the molecule is O=C(OCc1ccccc1)S(=O)(=O)N1C[C@H](c2nc(=O)[nH][nH]2)Oc2ccccc21. The number of benzene rings is 2. The number of nitrogens with one attached hydrogen (secondary N) is 2. The monoisotopic (exact) mass is 416 g/mol. The molecule has 29 heavy (non-hydrogen) atoms. The molecule has 1 atom stereocenters. The van der Waals surface area contributed by atoms with Gasteiger partial charge in [0.1, 0.15) is 12.4 Å². The highest BCUT2D eigenvalue weighted by Crippen LogP contribution is 2.38. The molecule has 0 amide bonds. The van der Waals surface area contributed by atoms with E-state index in [1.165, 1.54) is 6.07 Å². The Kier molecular flexibility index (Phi) is 4.80. The van der Waals surface area contributed by atoms with Gasteiger partial charge in [0, 0.05) is 0 Å². The third kappa shape index (κ3) is 3.72. The first-order chi connectivity index (χ1) is 13.9. The summed E-state index contributed by atoms with van der Waals surface area (Å²) in [4.78, 5) is 27.5. The Morgan fingerprint density at radius 1 is 1.14 bits per heavy atom. The van der Waals surface area contributed by atoms with Crippen molar-refractivity contribution >= 4 is 21.0 Å². The molecule has 0 saturated carbocycles. The zero-order valence-corrected chi connectivity index (χ0v) is 15.8. The van der Waals surface area contributed by atoms with Crippen LogP contribution < -0.4 is 14.7 Å². The average Bonchev–Trinajstić information content (AvgIpc) is 3.18. The van der Waals surface area contributed by atoms with Gasteiger partial charge in [-0.1, -0.05) is 42.5 Å². The van der Waals surface area contributed by atoms with E-state index in [4.69, 9.17) is 9.47 Å². The highest BCUT2D eigenvalue weighted by Gasteiger charge is 2.40. The van der Waals surface area contributed by atoms with Crippen molar-refractivity contribution in [3.8, 4) is 5.75 Å². The Balaban J connectivity index is 1.62. The topological polar surface area (TPSA) is 134 Å². The van der Waals surface area contributed by atoms with Crippen LogP contribution in [0.4, 0.5) is 10.5 Å². The summed E-state index contributed by atoms with van der Waals surface area (Å²) in [5.74, 6) is 0.342. The molecule has 150 valence electrons. The minimum absolute atomic E-state index is 0.113. The number of sulfonamides is 1. The van der Waals surface area contributed by atoms with Crippen molar-refractivity contribution in [1.29, 1.82) is 0 Å². The van der Waals surface area contributed by atoms with Gasteiger partial charge in [0.25, 0.3) is 0 Å². The summed E-state index contributed by atoms with van der Waals surface area (Å²) in [6.07, 6.45) is -0.916. The van der Waals surface area contributed by atoms with Crippen LogP contribution in [0.2, 0.25) is 0 Å². The van der Waals surface area contributed by atoms with Crippen LogP contribution in [0.25, 0.3) is 0 Å². The number of ether oxygens (including phenoxy) is 2. The Hall–Kier alpha value is -3.60. The first-order valence-corrected chi connectivity index (χ1v) is 10.0. The molecular formula is C18H16N4O6S. The zero-order valence-electron chi connectivity index (χ0n) is 14.9. The van der Waals surface area contributed by atoms with E-state index in [1.807, 2.05) is 0 Å². The van der Waals surface area contributed by atoms with Crippen LogP contribution >= 0.6 is 0 Å². The summed E-state index contributed by atoms with van der Waals surface area (Å²) in [5.41, 5.74) is 0.225. The van der Waals surface area contributed by atoms with E-state index in [9.17, 15) is 18.0 Å². The minimum Gasteiger partial charge on any atom is -0.478 e. The largest absolute Gasteiger partial charge is 0.478 e. The summed E-state index contributed by atoms with van der Waals surface area (Å²) in [5, 5.41) is 3.43. The number of anilines is 1. The Bertz CT molecular complexity index is 1190. The lowest BCUT2D eigenvalue weighted by Gasteiger charge is -2.33. The van der Waals surface area contributed by atoms with Gasteiger partial charge in [-0.15, -0.1) is 0 Å². The highest BCUT2D eigenvalue weighted by atomic mass is 32.2.